The lowest BCUT2D eigenvalue weighted by Gasteiger charge is -2.09. The maximum absolute atomic E-state index is 9.86. The minimum Gasteiger partial charge on any atom is -0.505 e. The Kier molecular flexibility index (Phi) is 1.27. The van der Waals surface area contributed by atoms with Crippen molar-refractivity contribution in [2.75, 3.05) is 0 Å². The number of nitrogens with zero attached hydrogens (tertiary/aromatic N) is 1. The third kappa shape index (κ3) is 0.886. The number of hydrogen-bond donors (Lipinski definition) is 2. The van der Waals surface area contributed by atoms with Gasteiger partial charge in [0.1, 0.15) is 0 Å². The zero-order valence-electron chi connectivity index (χ0n) is 7.40. The molecular formula is C10H9NO3. The molecule has 1 aliphatic rings. The van der Waals surface area contributed by atoms with E-state index in [1.165, 1.54) is 6.39 Å². The SMILES string of the molecule is Oc1c(C2(O)CC2)ccc2ocnc12. The highest BCUT2D eigenvalue weighted by Gasteiger charge is 2.44. The number of oxazole rings is 1. The lowest BCUT2D eigenvalue weighted by Crippen LogP contribution is -2.04. The van der Waals surface area contributed by atoms with Crippen LogP contribution in [-0.2, 0) is 5.60 Å². The maximum atomic E-state index is 9.86. The quantitative estimate of drug-likeness (QED) is 0.717. The summed E-state index contributed by atoms with van der Waals surface area (Å²) in [6.07, 6.45) is 2.68. The van der Waals surface area contributed by atoms with E-state index < -0.39 is 5.60 Å². The smallest absolute Gasteiger partial charge is 0.182 e. The fourth-order valence-corrected chi connectivity index (χ4v) is 1.68. The van der Waals surface area contributed by atoms with Gasteiger partial charge in [-0.1, -0.05) is 0 Å². The van der Waals surface area contributed by atoms with Crippen molar-refractivity contribution in [1.29, 1.82) is 0 Å². The molecule has 1 heterocycles. The largest absolute Gasteiger partial charge is 0.505 e. The number of phenolic OH excluding ortho intramolecular Hbond substituents is 1. The first kappa shape index (κ1) is 7.82. The van der Waals surface area contributed by atoms with E-state index in [2.05, 4.69) is 4.98 Å². The molecule has 1 aromatic heterocycles. The lowest BCUT2D eigenvalue weighted by atomic mass is 10.1. The van der Waals surface area contributed by atoms with E-state index in [4.69, 9.17) is 4.42 Å². The van der Waals surface area contributed by atoms with E-state index in [0.717, 1.165) is 0 Å². The summed E-state index contributed by atoms with van der Waals surface area (Å²) in [5.74, 6) is 0.0382. The second-order valence-corrected chi connectivity index (χ2v) is 3.69. The zero-order chi connectivity index (χ0) is 9.76. The highest BCUT2D eigenvalue weighted by molar-refractivity contribution is 5.81. The van der Waals surface area contributed by atoms with Crippen molar-refractivity contribution in [3.8, 4) is 5.75 Å². The highest BCUT2D eigenvalue weighted by atomic mass is 16.3. The van der Waals surface area contributed by atoms with Crippen LogP contribution in [0.3, 0.4) is 0 Å². The van der Waals surface area contributed by atoms with Crippen LogP contribution in [0.25, 0.3) is 11.1 Å². The summed E-state index contributed by atoms with van der Waals surface area (Å²) in [4.78, 5) is 3.89. The number of aromatic nitrogens is 1. The molecule has 2 aromatic rings. The number of benzene rings is 1. The van der Waals surface area contributed by atoms with Crippen LogP contribution in [0.1, 0.15) is 18.4 Å². The van der Waals surface area contributed by atoms with Crippen molar-refractivity contribution in [2.24, 2.45) is 0 Å². The van der Waals surface area contributed by atoms with Crippen LogP contribution in [0.2, 0.25) is 0 Å². The van der Waals surface area contributed by atoms with E-state index in [1.54, 1.807) is 12.1 Å². The number of fused-ring (bicyclic) bond motifs is 1. The van der Waals surface area contributed by atoms with Gasteiger partial charge in [0, 0.05) is 5.56 Å². The lowest BCUT2D eigenvalue weighted by molar-refractivity contribution is 0.148. The van der Waals surface area contributed by atoms with Crippen molar-refractivity contribution < 1.29 is 14.6 Å². The number of hydrogen-bond acceptors (Lipinski definition) is 4. The van der Waals surface area contributed by atoms with Crippen molar-refractivity contribution in [3.05, 3.63) is 24.1 Å². The van der Waals surface area contributed by atoms with Gasteiger partial charge in [0.05, 0.1) is 5.60 Å². The number of aliphatic hydroxyl groups is 1. The van der Waals surface area contributed by atoms with E-state index in [0.29, 0.717) is 29.5 Å². The van der Waals surface area contributed by atoms with Gasteiger partial charge in [0.2, 0.25) is 0 Å². The predicted octanol–water partition coefficient (Wildman–Crippen LogP) is 1.51. The van der Waals surface area contributed by atoms with E-state index in [1.807, 2.05) is 0 Å². The van der Waals surface area contributed by atoms with Gasteiger partial charge in [-0.25, -0.2) is 4.98 Å². The summed E-state index contributed by atoms with van der Waals surface area (Å²) in [6.45, 7) is 0. The molecular weight excluding hydrogens is 182 g/mol. The zero-order valence-corrected chi connectivity index (χ0v) is 7.40. The molecule has 3 rings (SSSR count). The number of rotatable bonds is 1. The Morgan fingerprint density at radius 1 is 1.36 bits per heavy atom. The Bertz CT molecular complexity index is 499. The molecule has 0 unspecified atom stereocenters. The molecule has 0 atom stereocenters. The Hall–Kier alpha value is -1.55. The molecule has 2 N–H and O–H groups in total. The molecule has 14 heavy (non-hydrogen) atoms. The summed E-state index contributed by atoms with van der Waals surface area (Å²) in [5.41, 5.74) is 0.675. The molecule has 4 heteroatoms. The van der Waals surface area contributed by atoms with Crippen LogP contribution in [0, 0.1) is 0 Å². The normalized spacial score (nSPS) is 18.6. The van der Waals surface area contributed by atoms with Crippen molar-refractivity contribution >= 4 is 11.1 Å². The van der Waals surface area contributed by atoms with Crippen molar-refractivity contribution in [1.82, 2.24) is 4.98 Å². The molecule has 1 saturated carbocycles. The third-order valence-corrected chi connectivity index (χ3v) is 2.70. The van der Waals surface area contributed by atoms with Gasteiger partial charge >= 0.3 is 0 Å². The average molecular weight is 191 g/mol. The van der Waals surface area contributed by atoms with Gasteiger partial charge < -0.3 is 14.6 Å². The van der Waals surface area contributed by atoms with Gasteiger partial charge in [0.25, 0.3) is 0 Å². The monoisotopic (exact) mass is 191 g/mol. The van der Waals surface area contributed by atoms with Gasteiger partial charge in [-0.3, -0.25) is 0 Å². The first-order valence-electron chi connectivity index (χ1n) is 4.49. The Morgan fingerprint density at radius 3 is 2.86 bits per heavy atom. The van der Waals surface area contributed by atoms with Gasteiger partial charge in [0.15, 0.2) is 23.2 Å². The van der Waals surface area contributed by atoms with Crippen LogP contribution in [-0.4, -0.2) is 15.2 Å². The molecule has 0 radical (unpaired) electrons. The summed E-state index contributed by atoms with van der Waals surface area (Å²) in [5, 5.41) is 19.7. The molecule has 72 valence electrons. The van der Waals surface area contributed by atoms with E-state index >= 15 is 0 Å². The molecule has 0 amide bonds. The summed E-state index contributed by atoms with van der Waals surface area (Å²) in [6, 6.07) is 3.41. The van der Waals surface area contributed by atoms with Crippen molar-refractivity contribution in [2.45, 2.75) is 18.4 Å². The van der Waals surface area contributed by atoms with Crippen LogP contribution in [0.4, 0.5) is 0 Å². The minimum absolute atomic E-state index is 0.0382. The Labute approximate surface area is 79.8 Å². The maximum Gasteiger partial charge on any atom is 0.182 e. The molecule has 0 saturated heterocycles. The van der Waals surface area contributed by atoms with E-state index in [-0.39, 0.29) is 5.75 Å². The minimum atomic E-state index is -0.836. The second kappa shape index (κ2) is 2.27. The molecule has 1 aliphatic carbocycles. The summed E-state index contributed by atoms with van der Waals surface area (Å²) in [7, 11) is 0. The van der Waals surface area contributed by atoms with Gasteiger partial charge in [-0.2, -0.15) is 0 Å². The topological polar surface area (TPSA) is 66.5 Å². The molecule has 1 aromatic carbocycles. The number of phenols is 1. The fourth-order valence-electron chi connectivity index (χ4n) is 1.68. The molecule has 0 spiro atoms. The summed E-state index contributed by atoms with van der Waals surface area (Å²) < 4.78 is 5.03. The second-order valence-electron chi connectivity index (χ2n) is 3.69. The Morgan fingerprint density at radius 2 is 2.14 bits per heavy atom. The highest BCUT2D eigenvalue weighted by Crippen LogP contribution is 2.49. The number of aromatic hydroxyl groups is 1. The molecule has 0 aliphatic heterocycles. The van der Waals surface area contributed by atoms with Gasteiger partial charge in [-0.05, 0) is 25.0 Å². The van der Waals surface area contributed by atoms with Crippen LogP contribution >= 0.6 is 0 Å². The van der Waals surface area contributed by atoms with Crippen molar-refractivity contribution in [3.63, 3.8) is 0 Å². The van der Waals surface area contributed by atoms with Gasteiger partial charge in [-0.15, -0.1) is 0 Å². The molecule has 1 fully saturated rings. The fraction of sp³-hybridized carbons (Fsp3) is 0.300. The first-order valence-corrected chi connectivity index (χ1v) is 4.49. The molecule has 0 bridgehead atoms. The van der Waals surface area contributed by atoms with E-state index in [9.17, 15) is 10.2 Å². The van der Waals surface area contributed by atoms with Crippen LogP contribution in [0.5, 0.6) is 5.75 Å². The summed E-state index contributed by atoms with van der Waals surface area (Å²) >= 11 is 0. The predicted molar refractivity (Wildman–Crippen MR) is 48.8 cm³/mol. The van der Waals surface area contributed by atoms with Crippen LogP contribution < -0.4 is 0 Å². The third-order valence-electron chi connectivity index (χ3n) is 2.70. The van der Waals surface area contributed by atoms with Crippen LogP contribution in [0.15, 0.2) is 22.9 Å². The average Bonchev–Trinajstić information content (AvgIpc) is 2.75. The molecule has 4 nitrogen and oxygen atoms in total. The first-order chi connectivity index (χ1) is 6.71. The standard InChI is InChI=1S/C10H9NO3/c12-9-6(10(13)3-4-10)1-2-7-8(9)11-5-14-7/h1-2,5,12-13H,3-4H2. The Balaban J connectivity index is 2.30.